The van der Waals surface area contributed by atoms with Crippen molar-refractivity contribution in [1.29, 1.82) is 5.26 Å². The van der Waals surface area contributed by atoms with Gasteiger partial charge in [0.25, 0.3) is 0 Å². The third-order valence-electron chi connectivity index (χ3n) is 1.74. The maximum atomic E-state index is 8.82. The molecule has 0 fully saturated rings. The molecule has 64 valence electrons. The van der Waals surface area contributed by atoms with Gasteiger partial charge in [-0.3, -0.25) is 0 Å². The standard InChI is InChI=1S/C8H7N5/c1-10-7-4-6(5-9)8-11-2-3-13(8)12-7/h2-4H,1H3,(H,10,12). The van der Waals surface area contributed by atoms with Crippen molar-refractivity contribution in [2.24, 2.45) is 0 Å². The lowest BCUT2D eigenvalue weighted by Crippen LogP contribution is -1.99. The number of nitriles is 1. The van der Waals surface area contributed by atoms with Crippen LogP contribution in [0, 0.1) is 11.3 Å². The maximum absolute atomic E-state index is 8.82. The van der Waals surface area contributed by atoms with Crippen molar-refractivity contribution in [1.82, 2.24) is 14.6 Å². The second-order valence-corrected chi connectivity index (χ2v) is 2.50. The van der Waals surface area contributed by atoms with E-state index in [1.54, 1.807) is 30.0 Å². The summed E-state index contributed by atoms with van der Waals surface area (Å²) in [6.07, 6.45) is 3.32. The Kier molecular flexibility index (Phi) is 1.60. The number of fused-ring (bicyclic) bond motifs is 1. The predicted molar refractivity (Wildman–Crippen MR) is 47.2 cm³/mol. The van der Waals surface area contributed by atoms with Crippen LogP contribution in [0.15, 0.2) is 18.5 Å². The summed E-state index contributed by atoms with van der Waals surface area (Å²) in [7, 11) is 1.76. The van der Waals surface area contributed by atoms with E-state index in [4.69, 9.17) is 5.26 Å². The van der Waals surface area contributed by atoms with E-state index in [-0.39, 0.29) is 0 Å². The topological polar surface area (TPSA) is 66.0 Å². The molecule has 5 heteroatoms. The van der Waals surface area contributed by atoms with Gasteiger partial charge in [-0.15, -0.1) is 5.10 Å². The van der Waals surface area contributed by atoms with Gasteiger partial charge in [-0.05, 0) is 0 Å². The molecule has 0 unspecified atom stereocenters. The fourth-order valence-corrected chi connectivity index (χ4v) is 1.12. The molecule has 0 saturated carbocycles. The lowest BCUT2D eigenvalue weighted by Gasteiger charge is -2.00. The number of nitrogens with one attached hydrogen (secondary N) is 1. The molecule has 0 spiro atoms. The van der Waals surface area contributed by atoms with Crippen LogP contribution in [0.1, 0.15) is 5.56 Å². The molecule has 0 aliphatic rings. The quantitative estimate of drug-likeness (QED) is 0.687. The fourth-order valence-electron chi connectivity index (χ4n) is 1.12. The van der Waals surface area contributed by atoms with Gasteiger partial charge in [0.1, 0.15) is 17.5 Å². The van der Waals surface area contributed by atoms with Crippen molar-refractivity contribution in [2.75, 3.05) is 12.4 Å². The van der Waals surface area contributed by atoms with Crippen LogP contribution in [0.2, 0.25) is 0 Å². The van der Waals surface area contributed by atoms with E-state index in [1.807, 2.05) is 0 Å². The minimum absolute atomic E-state index is 0.518. The molecular weight excluding hydrogens is 166 g/mol. The molecule has 5 nitrogen and oxygen atoms in total. The first-order valence-corrected chi connectivity index (χ1v) is 3.77. The smallest absolute Gasteiger partial charge is 0.171 e. The van der Waals surface area contributed by atoms with Gasteiger partial charge in [0.15, 0.2) is 5.65 Å². The van der Waals surface area contributed by atoms with Crippen molar-refractivity contribution in [3.8, 4) is 6.07 Å². The summed E-state index contributed by atoms with van der Waals surface area (Å²) in [5.74, 6) is 0.655. The zero-order valence-electron chi connectivity index (χ0n) is 7.02. The van der Waals surface area contributed by atoms with E-state index in [1.165, 1.54) is 0 Å². The van der Waals surface area contributed by atoms with Crippen LogP contribution in [0.25, 0.3) is 5.65 Å². The van der Waals surface area contributed by atoms with Gasteiger partial charge >= 0.3 is 0 Å². The number of rotatable bonds is 1. The van der Waals surface area contributed by atoms with E-state index < -0.39 is 0 Å². The van der Waals surface area contributed by atoms with Crippen LogP contribution < -0.4 is 5.32 Å². The Morgan fingerprint density at radius 3 is 3.15 bits per heavy atom. The van der Waals surface area contributed by atoms with Crippen LogP contribution in [0.5, 0.6) is 0 Å². The van der Waals surface area contributed by atoms with Crippen LogP contribution in [-0.2, 0) is 0 Å². The third-order valence-corrected chi connectivity index (χ3v) is 1.74. The van der Waals surface area contributed by atoms with Crippen LogP contribution >= 0.6 is 0 Å². The molecular formula is C8H7N5. The summed E-state index contributed by atoms with van der Waals surface area (Å²) in [6, 6.07) is 3.74. The second kappa shape index (κ2) is 2.75. The molecule has 0 aliphatic carbocycles. The van der Waals surface area contributed by atoms with Crippen molar-refractivity contribution in [3.05, 3.63) is 24.0 Å². The van der Waals surface area contributed by atoms with Gasteiger partial charge < -0.3 is 5.32 Å². The molecule has 0 aliphatic heterocycles. The molecule has 2 heterocycles. The van der Waals surface area contributed by atoms with Crippen LogP contribution in [0.4, 0.5) is 5.82 Å². The number of hydrogen-bond donors (Lipinski definition) is 1. The molecule has 2 rings (SSSR count). The third kappa shape index (κ3) is 1.08. The van der Waals surface area contributed by atoms with E-state index in [0.29, 0.717) is 17.0 Å². The van der Waals surface area contributed by atoms with Crippen molar-refractivity contribution < 1.29 is 0 Å². The van der Waals surface area contributed by atoms with E-state index in [9.17, 15) is 0 Å². The second-order valence-electron chi connectivity index (χ2n) is 2.50. The first-order chi connectivity index (χ1) is 6.35. The monoisotopic (exact) mass is 173 g/mol. The summed E-state index contributed by atoms with van der Waals surface area (Å²) in [4.78, 5) is 4.02. The average Bonchev–Trinajstić information content (AvgIpc) is 2.63. The van der Waals surface area contributed by atoms with Gasteiger partial charge in [0.2, 0.25) is 0 Å². The van der Waals surface area contributed by atoms with Crippen molar-refractivity contribution in [2.45, 2.75) is 0 Å². The van der Waals surface area contributed by atoms with Crippen LogP contribution in [0.3, 0.4) is 0 Å². The summed E-state index contributed by atoms with van der Waals surface area (Å²) in [6.45, 7) is 0. The van der Waals surface area contributed by atoms with Crippen molar-refractivity contribution in [3.63, 3.8) is 0 Å². The molecule has 0 radical (unpaired) electrons. The lowest BCUT2D eigenvalue weighted by molar-refractivity contribution is 0.936. The zero-order valence-corrected chi connectivity index (χ0v) is 7.02. The van der Waals surface area contributed by atoms with E-state index >= 15 is 0 Å². The summed E-state index contributed by atoms with van der Waals surface area (Å²) in [5, 5.41) is 15.8. The molecule has 2 aromatic heterocycles. The van der Waals surface area contributed by atoms with Crippen molar-refractivity contribution >= 4 is 11.5 Å². The Labute approximate surface area is 74.6 Å². The minimum atomic E-state index is 0.518. The number of aromatic nitrogens is 3. The van der Waals surface area contributed by atoms with Gasteiger partial charge in [0, 0.05) is 25.5 Å². The Balaban J connectivity index is 2.79. The molecule has 13 heavy (non-hydrogen) atoms. The molecule has 2 aromatic rings. The first-order valence-electron chi connectivity index (χ1n) is 3.77. The normalized spacial score (nSPS) is 9.85. The minimum Gasteiger partial charge on any atom is -0.372 e. The fraction of sp³-hybridized carbons (Fsp3) is 0.125. The Morgan fingerprint density at radius 2 is 2.46 bits per heavy atom. The molecule has 0 atom stereocenters. The molecule has 1 N–H and O–H groups in total. The number of hydrogen-bond acceptors (Lipinski definition) is 4. The largest absolute Gasteiger partial charge is 0.372 e. The SMILES string of the molecule is CNc1cc(C#N)c2nccn2n1. The maximum Gasteiger partial charge on any atom is 0.171 e. The molecule has 0 bridgehead atoms. The lowest BCUT2D eigenvalue weighted by atomic mass is 10.3. The van der Waals surface area contributed by atoms with Gasteiger partial charge in [-0.25, -0.2) is 9.50 Å². The predicted octanol–water partition coefficient (Wildman–Crippen LogP) is 0.643. The highest BCUT2D eigenvalue weighted by Gasteiger charge is 2.04. The Hall–Kier alpha value is -2.09. The van der Waals surface area contributed by atoms with Gasteiger partial charge in [-0.1, -0.05) is 0 Å². The molecule has 0 aromatic carbocycles. The van der Waals surface area contributed by atoms with Gasteiger partial charge in [0.05, 0.1) is 0 Å². The number of imidazole rings is 1. The first kappa shape index (κ1) is 7.55. The average molecular weight is 173 g/mol. The Bertz CT molecular complexity index is 479. The highest BCUT2D eigenvalue weighted by atomic mass is 15.3. The Morgan fingerprint density at radius 1 is 1.62 bits per heavy atom. The van der Waals surface area contributed by atoms with E-state index in [0.717, 1.165) is 0 Å². The summed E-state index contributed by atoms with van der Waals surface area (Å²) in [5.41, 5.74) is 1.10. The molecule has 0 saturated heterocycles. The van der Waals surface area contributed by atoms with E-state index in [2.05, 4.69) is 21.5 Å². The highest BCUT2D eigenvalue weighted by molar-refractivity contribution is 5.58. The summed E-state index contributed by atoms with van der Waals surface area (Å²) < 4.78 is 1.57. The highest BCUT2D eigenvalue weighted by Crippen LogP contribution is 2.10. The number of anilines is 1. The molecule has 0 amide bonds. The summed E-state index contributed by atoms with van der Waals surface area (Å²) >= 11 is 0. The number of nitrogens with zero attached hydrogens (tertiary/aromatic N) is 4. The van der Waals surface area contributed by atoms with Crippen LogP contribution in [-0.4, -0.2) is 21.6 Å². The zero-order chi connectivity index (χ0) is 9.26. The van der Waals surface area contributed by atoms with Gasteiger partial charge in [-0.2, -0.15) is 5.26 Å².